The van der Waals surface area contributed by atoms with Gasteiger partial charge in [0.1, 0.15) is 11.4 Å². The monoisotopic (exact) mass is 426 g/mol. The normalized spacial score (nSPS) is 17.5. The van der Waals surface area contributed by atoms with Gasteiger partial charge in [-0.3, -0.25) is 9.20 Å². The van der Waals surface area contributed by atoms with Gasteiger partial charge in [-0.25, -0.2) is 18.7 Å². The predicted octanol–water partition coefficient (Wildman–Crippen LogP) is 2.65. The van der Waals surface area contributed by atoms with E-state index in [4.69, 9.17) is 0 Å². The summed E-state index contributed by atoms with van der Waals surface area (Å²) in [6.07, 6.45) is 4.88. The van der Waals surface area contributed by atoms with Crippen molar-refractivity contribution < 1.29 is 13.6 Å². The summed E-state index contributed by atoms with van der Waals surface area (Å²) in [5.41, 5.74) is 3.32. The summed E-state index contributed by atoms with van der Waals surface area (Å²) in [6.45, 7) is 0. The molecule has 0 saturated heterocycles. The second kappa shape index (κ2) is 6.89. The molecule has 9 nitrogen and oxygen atoms in total. The second-order valence-corrected chi connectivity index (χ2v) is 7.40. The molecule has 0 aliphatic heterocycles. The van der Waals surface area contributed by atoms with Crippen molar-refractivity contribution in [1.82, 2.24) is 29.3 Å². The van der Waals surface area contributed by atoms with Crippen LogP contribution in [0.15, 0.2) is 36.8 Å². The first-order chi connectivity index (χ1) is 14.9. The summed E-state index contributed by atoms with van der Waals surface area (Å²) in [6, 6.07) is 4.42. The summed E-state index contributed by atoms with van der Waals surface area (Å²) in [5, 5.41) is 12.8. The Labute approximate surface area is 175 Å². The van der Waals surface area contributed by atoms with Gasteiger partial charge in [0.25, 0.3) is 11.8 Å². The Morgan fingerprint density at radius 3 is 2.74 bits per heavy atom. The van der Waals surface area contributed by atoms with Crippen LogP contribution >= 0.6 is 0 Å². The number of halogens is 2. The van der Waals surface area contributed by atoms with Gasteiger partial charge in [-0.2, -0.15) is 9.61 Å². The van der Waals surface area contributed by atoms with E-state index in [1.807, 2.05) is 29.8 Å². The molecule has 1 saturated carbocycles. The second-order valence-electron chi connectivity index (χ2n) is 7.40. The van der Waals surface area contributed by atoms with Gasteiger partial charge in [0.2, 0.25) is 0 Å². The number of fused-ring (bicyclic) bond motifs is 2. The maximum atomic E-state index is 13.6. The minimum atomic E-state index is -2.88. The van der Waals surface area contributed by atoms with E-state index in [-0.39, 0.29) is 24.1 Å². The quantitative estimate of drug-likeness (QED) is 0.454. The van der Waals surface area contributed by atoms with Crippen molar-refractivity contribution in [2.45, 2.75) is 24.8 Å². The van der Waals surface area contributed by atoms with Gasteiger partial charge in [0.15, 0.2) is 11.3 Å². The van der Waals surface area contributed by atoms with Gasteiger partial charge in [0, 0.05) is 39.0 Å². The number of aromatic nitrogens is 5. The van der Waals surface area contributed by atoms with E-state index in [1.54, 1.807) is 19.3 Å². The number of pyridine rings is 1. The molecular weight excluding hydrogens is 406 g/mol. The third-order valence-corrected chi connectivity index (χ3v) is 5.63. The van der Waals surface area contributed by atoms with Crippen molar-refractivity contribution in [1.29, 1.82) is 0 Å². The Morgan fingerprint density at radius 2 is 2.06 bits per heavy atom. The van der Waals surface area contributed by atoms with Crippen LogP contribution in [0.3, 0.4) is 0 Å². The number of carbonyl (C=O) groups excluding carboxylic acids is 1. The largest absolute Gasteiger partial charge is 0.385 e. The first-order valence-electron chi connectivity index (χ1n) is 9.82. The molecule has 0 aromatic carbocycles. The number of nitrogens with one attached hydrogen (secondary N) is 3. The van der Waals surface area contributed by atoms with E-state index in [1.165, 1.54) is 10.7 Å². The van der Waals surface area contributed by atoms with Crippen LogP contribution in [-0.2, 0) is 0 Å². The summed E-state index contributed by atoms with van der Waals surface area (Å²) in [5.74, 6) is -2.90. The molecule has 31 heavy (non-hydrogen) atoms. The number of anilines is 2. The Morgan fingerprint density at radius 1 is 1.23 bits per heavy atom. The number of nitrogens with zero attached hydrogens (tertiary/aromatic N) is 5. The Kier molecular flexibility index (Phi) is 4.27. The Hall–Kier alpha value is -3.76. The van der Waals surface area contributed by atoms with Gasteiger partial charge in [-0.05, 0) is 18.6 Å². The lowest BCUT2D eigenvalue weighted by atomic mass is 9.88. The molecule has 1 amide bonds. The summed E-state index contributed by atoms with van der Waals surface area (Å²) in [7, 11) is 3.54. The van der Waals surface area contributed by atoms with Gasteiger partial charge in [0.05, 0.1) is 29.3 Å². The molecule has 4 aromatic heterocycles. The first kappa shape index (κ1) is 19.2. The van der Waals surface area contributed by atoms with E-state index in [2.05, 4.69) is 31.0 Å². The maximum absolute atomic E-state index is 13.6. The zero-order valence-corrected chi connectivity index (χ0v) is 16.9. The van der Waals surface area contributed by atoms with Gasteiger partial charge >= 0.3 is 0 Å². The minimum absolute atomic E-state index is 0.134. The highest BCUT2D eigenvalue weighted by atomic mass is 19.3. The fourth-order valence-electron chi connectivity index (χ4n) is 3.77. The number of alkyl halides is 2. The Balaban J connectivity index is 1.62. The highest BCUT2D eigenvalue weighted by Crippen LogP contribution is 2.37. The van der Waals surface area contributed by atoms with E-state index in [0.717, 1.165) is 17.0 Å². The average Bonchev–Trinajstić information content (AvgIpc) is 3.42. The topological polar surface area (TPSA) is 101 Å². The van der Waals surface area contributed by atoms with Crippen LogP contribution in [0, 0.1) is 0 Å². The van der Waals surface area contributed by atoms with Crippen molar-refractivity contribution in [2.24, 2.45) is 0 Å². The molecule has 1 atom stereocenters. The van der Waals surface area contributed by atoms with Crippen molar-refractivity contribution in [2.75, 3.05) is 24.7 Å². The van der Waals surface area contributed by atoms with Gasteiger partial charge in [-0.1, -0.05) is 0 Å². The number of amides is 1. The highest BCUT2D eigenvalue weighted by molar-refractivity contribution is 6.00. The smallest absolute Gasteiger partial charge is 0.267 e. The number of carbonyl (C=O) groups is 1. The van der Waals surface area contributed by atoms with Crippen molar-refractivity contribution in [3.63, 3.8) is 0 Å². The first-order valence-corrected chi connectivity index (χ1v) is 9.82. The molecule has 0 unspecified atom stereocenters. The SMILES string of the molecule is CNc1ccc(-c2cc(NC)n3ncc(C(=O)N[C@H]4CCC4(F)F)c3n2)n2ccnc12. The molecule has 4 aromatic rings. The molecule has 5 rings (SSSR count). The molecular formula is C20H20F2N8O. The lowest BCUT2D eigenvalue weighted by Gasteiger charge is -2.36. The van der Waals surface area contributed by atoms with Crippen LogP contribution in [0.5, 0.6) is 0 Å². The van der Waals surface area contributed by atoms with E-state index < -0.39 is 17.9 Å². The number of hydrogen-bond donors (Lipinski definition) is 3. The molecule has 0 spiro atoms. The number of imidazole rings is 1. The van der Waals surface area contributed by atoms with Crippen molar-refractivity contribution >= 4 is 28.7 Å². The van der Waals surface area contributed by atoms with Crippen LogP contribution in [0.25, 0.3) is 22.7 Å². The van der Waals surface area contributed by atoms with Gasteiger partial charge in [-0.15, -0.1) is 0 Å². The summed E-state index contributed by atoms with van der Waals surface area (Å²) >= 11 is 0. The molecule has 11 heteroatoms. The third-order valence-electron chi connectivity index (χ3n) is 5.63. The zero-order chi connectivity index (χ0) is 21.8. The number of hydrogen-bond acceptors (Lipinski definition) is 6. The molecule has 160 valence electrons. The standard InChI is InChI=1S/C20H20F2N8O/c1-23-12-3-4-14(29-8-7-25-18(12)29)13-9-16(24-2)30-17(27-13)11(10-26-30)19(31)28-15-5-6-20(15,21)22/h3-4,7-10,15,23-24H,5-6H2,1-2H3,(H,28,31)/t15-/m0/s1. The van der Waals surface area contributed by atoms with Crippen molar-refractivity contribution in [3.8, 4) is 11.4 Å². The highest BCUT2D eigenvalue weighted by Gasteiger charge is 2.49. The van der Waals surface area contributed by atoms with Crippen LogP contribution in [0.4, 0.5) is 20.3 Å². The Bertz CT molecular complexity index is 1310. The molecule has 1 aliphatic rings. The fourth-order valence-corrected chi connectivity index (χ4v) is 3.77. The number of rotatable bonds is 5. The van der Waals surface area contributed by atoms with E-state index in [0.29, 0.717) is 11.5 Å². The minimum Gasteiger partial charge on any atom is -0.385 e. The lowest BCUT2D eigenvalue weighted by Crippen LogP contribution is -2.55. The van der Waals surface area contributed by atoms with E-state index >= 15 is 0 Å². The molecule has 1 aliphatic carbocycles. The third kappa shape index (κ3) is 2.95. The maximum Gasteiger partial charge on any atom is 0.267 e. The van der Waals surface area contributed by atoms with Crippen LogP contribution in [0.1, 0.15) is 23.2 Å². The van der Waals surface area contributed by atoms with Crippen LogP contribution < -0.4 is 16.0 Å². The van der Waals surface area contributed by atoms with Crippen LogP contribution in [-0.4, -0.2) is 55.9 Å². The van der Waals surface area contributed by atoms with Crippen molar-refractivity contribution in [3.05, 3.63) is 42.4 Å². The van der Waals surface area contributed by atoms with E-state index in [9.17, 15) is 13.6 Å². The van der Waals surface area contributed by atoms with Gasteiger partial charge < -0.3 is 16.0 Å². The zero-order valence-electron chi connectivity index (χ0n) is 16.9. The molecule has 3 N–H and O–H groups in total. The fraction of sp³-hybridized carbons (Fsp3) is 0.300. The summed E-state index contributed by atoms with van der Waals surface area (Å²) in [4.78, 5) is 21.8. The predicted molar refractivity (Wildman–Crippen MR) is 112 cm³/mol. The molecule has 4 heterocycles. The molecule has 0 radical (unpaired) electrons. The molecule has 0 bridgehead atoms. The summed E-state index contributed by atoms with van der Waals surface area (Å²) < 4.78 is 30.6. The lowest BCUT2D eigenvalue weighted by molar-refractivity contribution is -0.102. The average molecular weight is 426 g/mol. The van der Waals surface area contributed by atoms with Crippen LogP contribution in [0.2, 0.25) is 0 Å². The molecule has 1 fully saturated rings.